The number of nitrogens with zero attached hydrogens (tertiary/aromatic N) is 1. The predicted octanol–water partition coefficient (Wildman–Crippen LogP) is 1.11. The van der Waals surface area contributed by atoms with Crippen molar-refractivity contribution in [3.63, 3.8) is 0 Å². The monoisotopic (exact) mass is 401 g/mol. The molecule has 1 atom stereocenters. The molecule has 0 saturated carbocycles. The van der Waals surface area contributed by atoms with E-state index < -0.39 is 21.8 Å². The minimum Gasteiger partial charge on any atom is -0.376 e. The van der Waals surface area contributed by atoms with Crippen molar-refractivity contribution in [2.75, 3.05) is 35.1 Å². The van der Waals surface area contributed by atoms with Crippen LogP contribution in [0, 0.1) is 0 Å². The van der Waals surface area contributed by atoms with Crippen LogP contribution in [0.25, 0.3) is 0 Å². The molecular weight excluding hydrogens is 382 g/mol. The zero-order chi connectivity index (χ0) is 18.7. The van der Waals surface area contributed by atoms with Gasteiger partial charge >= 0.3 is 11.8 Å². The number of amides is 2. The smallest absolute Gasteiger partial charge is 0.313 e. The molecule has 0 radical (unpaired) electrons. The molecule has 2 fully saturated rings. The molecule has 8 nitrogen and oxygen atoms in total. The molecule has 2 aliphatic rings. The molecule has 10 heteroatoms. The third-order valence-electron chi connectivity index (χ3n) is 4.29. The summed E-state index contributed by atoms with van der Waals surface area (Å²) in [5, 5.41) is 5.25. The van der Waals surface area contributed by atoms with Crippen LogP contribution >= 0.6 is 11.6 Å². The summed E-state index contributed by atoms with van der Waals surface area (Å²) >= 11 is 6.11. The zero-order valence-corrected chi connectivity index (χ0v) is 15.6. The second-order valence-electron chi connectivity index (χ2n) is 6.21. The van der Waals surface area contributed by atoms with Gasteiger partial charge in [0, 0.05) is 25.4 Å². The molecule has 2 N–H and O–H groups in total. The van der Waals surface area contributed by atoms with E-state index in [9.17, 15) is 18.0 Å². The normalized spacial score (nSPS) is 21.6. The summed E-state index contributed by atoms with van der Waals surface area (Å²) in [6.07, 6.45) is 2.25. The number of nitrogens with one attached hydrogen (secondary N) is 2. The van der Waals surface area contributed by atoms with E-state index >= 15 is 0 Å². The Hall–Kier alpha value is -1.84. The van der Waals surface area contributed by atoms with Gasteiger partial charge in [0.2, 0.25) is 10.0 Å². The van der Waals surface area contributed by atoms with Crippen molar-refractivity contribution < 1.29 is 22.7 Å². The second-order valence-corrected chi connectivity index (χ2v) is 8.63. The van der Waals surface area contributed by atoms with Crippen molar-refractivity contribution in [1.82, 2.24) is 5.32 Å². The molecule has 2 aliphatic heterocycles. The lowest BCUT2D eigenvalue weighted by Gasteiger charge is -2.19. The van der Waals surface area contributed by atoms with Crippen LogP contribution in [0.4, 0.5) is 11.4 Å². The Morgan fingerprint density at radius 1 is 1.27 bits per heavy atom. The van der Waals surface area contributed by atoms with E-state index in [1.54, 1.807) is 0 Å². The average molecular weight is 402 g/mol. The number of rotatable bonds is 4. The lowest BCUT2D eigenvalue weighted by molar-refractivity contribution is -0.136. The highest BCUT2D eigenvalue weighted by Crippen LogP contribution is 2.33. The SMILES string of the molecule is O=C(NCC1CCCO1)C(=O)Nc1ccc(Cl)c(N2CCCS2(=O)=O)c1. The van der Waals surface area contributed by atoms with Crippen LogP contribution in [0.3, 0.4) is 0 Å². The Balaban J connectivity index is 1.65. The van der Waals surface area contributed by atoms with Gasteiger partial charge in [-0.05, 0) is 37.5 Å². The number of carbonyl (C=O) groups is 2. The first-order valence-corrected chi connectivity index (χ1v) is 10.4. The van der Waals surface area contributed by atoms with Crippen LogP contribution in [0.5, 0.6) is 0 Å². The quantitative estimate of drug-likeness (QED) is 0.735. The maximum atomic E-state index is 12.1. The lowest BCUT2D eigenvalue weighted by Crippen LogP contribution is -2.39. The van der Waals surface area contributed by atoms with E-state index in [4.69, 9.17) is 16.3 Å². The van der Waals surface area contributed by atoms with Crippen molar-refractivity contribution in [2.24, 2.45) is 0 Å². The van der Waals surface area contributed by atoms with Crippen molar-refractivity contribution in [2.45, 2.75) is 25.4 Å². The molecule has 1 aromatic carbocycles. The van der Waals surface area contributed by atoms with E-state index in [0.717, 1.165) is 12.8 Å². The van der Waals surface area contributed by atoms with E-state index in [1.807, 2.05) is 0 Å². The highest BCUT2D eigenvalue weighted by molar-refractivity contribution is 7.93. The van der Waals surface area contributed by atoms with Crippen molar-refractivity contribution in [1.29, 1.82) is 0 Å². The Labute approximate surface area is 156 Å². The summed E-state index contributed by atoms with van der Waals surface area (Å²) in [5.74, 6) is -1.54. The Bertz CT molecular complexity index is 808. The highest BCUT2D eigenvalue weighted by Gasteiger charge is 2.30. The van der Waals surface area contributed by atoms with Gasteiger partial charge in [-0.3, -0.25) is 13.9 Å². The fraction of sp³-hybridized carbons (Fsp3) is 0.500. The molecule has 1 aromatic rings. The van der Waals surface area contributed by atoms with Gasteiger partial charge < -0.3 is 15.4 Å². The number of hydrogen-bond acceptors (Lipinski definition) is 5. The van der Waals surface area contributed by atoms with Gasteiger partial charge in [0.05, 0.1) is 22.6 Å². The van der Waals surface area contributed by atoms with Gasteiger partial charge in [-0.15, -0.1) is 0 Å². The standard InChI is InChI=1S/C16H20ClN3O5S/c17-13-5-4-11(9-14(13)20-6-2-8-26(20,23)24)19-16(22)15(21)18-10-12-3-1-7-25-12/h4-5,9,12H,1-3,6-8,10H2,(H,18,21)(H,19,22). The average Bonchev–Trinajstić information content (AvgIpc) is 3.23. The first-order chi connectivity index (χ1) is 12.4. The molecule has 2 amide bonds. The molecule has 1 unspecified atom stereocenters. The van der Waals surface area contributed by atoms with Gasteiger partial charge in [0.1, 0.15) is 0 Å². The largest absolute Gasteiger partial charge is 0.376 e. The second kappa shape index (κ2) is 7.81. The Morgan fingerprint density at radius 3 is 2.73 bits per heavy atom. The van der Waals surface area contributed by atoms with Crippen LogP contribution in [0.15, 0.2) is 18.2 Å². The summed E-state index contributed by atoms with van der Waals surface area (Å²) in [6.45, 7) is 1.28. The number of hydrogen-bond donors (Lipinski definition) is 2. The van der Waals surface area contributed by atoms with Crippen LogP contribution in [-0.2, 0) is 24.3 Å². The predicted molar refractivity (Wildman–Crippen MR) is 97.8 cm³/mol. The first-order valence-electron chi connectivity index (χ1n) is 8.37. The number of benzene rings is 1. The number of sulfonamides is 1. The molecule has 26 heavy (non-hydrogen) atoms. The Morgan fingerprint density at radius 2 is 2.08 bits per heavy atom. The number of carbonyl (C=O) groups excluding carboxylic acids is 2. The topological polar surface area (TPSA) is 105 Å². The zero-order valence-electron chi connectivity index (χ0n) is 14.0. The van der Waals surface area contributed by atoms with E-state index in [0.29, 0.717) is 30.9 Å². The minimum atomic E-state index is -3.40. The maximum Gasteiger partial charge on any atom is 0.313 e. The third kappa shape index (κ3) is 4.28. The van der Waals surface area contributed by atoms with E-state index in [-0.39, 0.29) is 23.4 Å². The van der Waals surface area contributed by atoms with Crippen molar-refractivity contribution >= 4 is 44.8 Å². The van der Waals surface area contributed by atoms with Gasteiger partial charge in [0.25, 0.3) is 0 Å². The van der Waals surface area contributed by atoms with Crippen LogP contribution < -0.4 is 14.9 Å². The van der Waals surface area contributed by atoms with Gasteiger partial charge in [-0.2, -0.15) is 0 Å². The summed E-state index contributed by atoms with van der Waals surface area (Å²) in [6, 6.07) is 4.46. The van der Waals surface area contributed by atoms with Gasteiger partial charge in [-0.1, -0.05) is 11.6 Å². The molecule has 0 aliphatic carbocycles. The van der Waals surface area contributed by atoms with Crippen molar-refractivity contribution in [3.8, 4) is 0 Å². The fourth-order valence-corrected chi connectivity index (χ4v) is 4.81. The number of ether oxygens (including phenoxy) is 1. The lowest BCUT2D eigenvalue weighted by atomic mass is 10.2. The van der Waals surface area contributed by atoms with Gasteiger partial charge in [-0.25, -0.2) is 8.42 Å². The number of halogens is 1. The van der Waals surface area contributed by atoms with E-state index in [1.165, 1.54) is 22.5 Å². The molecule has 0 bridgehead atoms. The summed E-state index contributed by atoms with van der Waals surface area (Å²) < 4.78 is 30.8. The van der Waals surface area contributed by atoms with E-state index in [2.05, 4.69) is 10.6 Å². The van der Waals surface area contributed by atoms with Crippen LogP contribution in [-0.4, -0.2) is 51.8 Å². The number of anilines is 2. The minimum absolute atomic E-state index is 0.0609. The fourth-order valence-electron chi connectivity index (χ4n) is 2.97. The molecule has 0 spiro atoms. The molecule has 2 saturated heterocycles. The third-order valence-corrected chi connectivity index (χ3v) is 6.47. The van der Waals surface area contributed by atoms with Crippen molar-refractivity contribution in [3.05, 3.63) is 23.2 Å². The maximum absolute atomic E-state index is 12.1. The molecular formula is C16H20ClN3O5S. The summed E-state index contributed by atoms with van der Waals surface area (Å²) in [5.41, 5.74) is 0.588. The van der Waals surface area contributed by atoms with Gasteiger partial charge in [0.15, 0.2) is 0 Å². The molecule has 3 rings (SSSR count). The first kappa shape index (κ1) is 18.9. The Kier molecular flexibility index (Phi) is 5.69. The summed E-state index contributed by atoms with van der Waals surface area (Å²) in [4.78, 5) is 23.9. The molecule has 0 aromatic heterocycles. The van der Waals surface area contributed by atoms with Crippen LogP contribution in [0.2, 0.25) is 5.02 Å². The summed E-state index contributed by atoms with van der Waals surface area (Å²) in [7, 11) is -3.40. The molecule has 2 heterocycles. The highest BCUT2D eigenvalue weighted by atomic mass is 35.5. The molecule has 142 valence electrons. The van der Waals surface area contributed by atoms with Crippen LogP contribution in [0.1, 0.15) is 19.3 Å².